The summed E-state index contributed by atoms with van der Waals surface area (Å²) in [7, 11) is 0. The zero-order chi connectivity index (χ0) is 20.8. The third kappa shape index (κ3) is 2.89. The summed E-state index contributed by atoms with van der Waals surface area (Å²) >= 11 is 0. The summed E-state index contributed by atoms with van der Waals surface area (Å²) in [5.41, 5.74) is 13.5. The molecule has 7 N–H and O–H groups in total. The van der Waals surface area contributed by atoms with Gasteiger partial charge in [-0.25, -0.2) is 29.9 Å². The molecule has 0 radical (unpaired) electrons. The Morgan fingerprint density at radius 2 is 1.57 bits per heavy atom. The lowest BCUT2D eigenvalue weighted by Gasteiger charge is -2.16. The minimum absolute atomic E-state index is 0.224. The second-order valence-corrected chi connectivity index (χ2v) is 6.89. The van der Waals surface area contributed by atoms with Gasteiger partial charge in [0, 0.05) is 6.54 Å². The number of imidazole rings is 2. The van der Waals surface area contributed by atoms with Crippen LogP contribution in [-0.2, 0) is 11.4 Å². The number of ether oxygens (including phenoxy) is 1. The van der Waals surface area contributed by atoms with Crippen molar-refractivity contribution in [2.75, 3.05) is 18.0 Å². The minimum Gasteiger partial charge on any atom is -0.387 e. The number of nitrogens with two attached hydrogens (primary N) is 2. The van der Waals surface area contributed by atoms with E-state index < -0.39 is 24.5 Å². The molecule has 14 heteroatoms. The van der Waals surface area contributed by atoms with E-state index in [1.807, 2.05) is 0 Å². The molecule has 5 rings (SSSR count). The maximum atomic E-state index is 10.5. The molecule has 0 amide bonds. The number of nitrogen functional groups attached to an aromatic ring is 2. The third-order valence-corrected chi connectivity index (χ3v) is 5.06. The van der Waals surface area contributed by atoms with Crippen LogP contribution in [0.15, 0.2) is 25.3 Å². The van der Waals surface area contributed by atoms with Crippen LogP contribution in [0.5, 0.6) is 0 Å². The first-order valence-corrected chi connectivity index (χ1v) is 9.11. The molecule has 30 heavy (non-hydrogen) atoms. The Morgan fingerprint density at radius 1 is 0.900 bits per heavy atom. The molecule has 1 aliphatic heterocycles. The van der Waals surface area contributed by atoms with Gasteiger partial charge in [0.2, 0.25) is 0 Å². The summed E-state index contributed by atoms with van der Waals surface area (Å²) in [6.07, 6.45) is 1.89. The Labute approximate surface area is 168 Å². The van der Waals surface area contributed by atoms with Crippen molar-refractivity contribution in [3.05, 3.63) is 25.3 Å². The largest absolute Gasteiger partial charge is 0.387 e. The zero-order valence-electron chi connectivity index (χ0n) is 15.6. The molecule has 0 aliphatic carbocycles. The van der Waals surface area contributed by atoms with Gasteiger partial charge < -0.3 is 31.0 Å². The van der Waals surface area contributed by atoms with E-state index in [9.17, 15) is 10.2 Å². The van der Waals surface area contributed by atoms with Crippen molar-refractivity contribution >= 4 is 34.0 Å². The number of aliphatic hydroxyl groups excluding tert-OH is 2. The number of anilines is 2. The number of nitrogens with one attached hydrogen (secondary N) is 1. The van der Waals surface area contributed by atoms with Crippen molar-refractivity contribution in [3.63, 3.8) is 0 Å². The van der Waals surface area contributed by atoms with E-state index in [-0.39, 0.29) is 12.4 Å². The number of aromatic nitrogens is 8. The van der Waals surface area contributed by atoms with E-state index in [1.165, 1.54) is 23.5 Å². The summed E-state index contributed by atoms with van der Waals surface area (Å²) in [4.78, 5) is 24.5. The Balaban J connectivity index is 1.29. The molecule has 0 saturated carbocycles. The van der Waals surface area contributed by atoms with Crippen molar-refractivity contribution in [1.29, 1.82) is 0 Å². The first-order chi connectivity index (χ1) is 14.5. The standard InChI is InChI=1S/C16H19N11O3/c17-12-8-14(22-2-20-12)26(5-24-8)4-19-1-7-10(28)11(29)16(30-7)27-6-25-9-13(18)21-3-23-15(9)27/h2-3,5-7,10-11,16,19,28-29H,1,4H2,(H2,17,20,22)(H2,18,21,23). The van der Waals surface area contributed by atoms with E-state index in [0.29, 0.717) is 34.8 Å². The highest BCUT2D eigenvalue weighted by atomic mass is 16.6. The predicted octanol–water partition coefficient (Wildman–Crippen LogP) is -2.00. The number of hydrogen-bond acceptors (Lipinski definition) is 12. The monoisotopic (exact) mass is 413 g/mol. The molecule has 4 unspecified atom stereocenters. The lowest BCUT2D eigenvalue weighted by molar-refractivity contribution is -0.0345. The topological polar surface area (TPSA) is 201 Å². The van der Waals surface area contributed by atoms with Gasteiger partial charge in [-0.2, -0.15) is 0 Å². The number of nitrogens with zero attached hydrogens (tertiary/aromatic N) is 8. The Kier molecular flexibility index (Phi) is 4.39. The van der Waals surface area contributed by atoms with Crippen LogP contribution in [0.1, 0.15) is 6.23 Å². The first-order valence-electron chi connectivity index (χ1n) is 9.11. The second kappa shape index (κ2) is 7.10. The summed E-state index contributed by atoms with van der Waals surface area (Å²) < 4.78 is 9.18. The smallest absolute Gasteiger partial charge is 0.167 e. The molecular weight excluding hydrogens is 394 g/mol. The fraction of sp³-hybridized carbons (Fsp3) is 0.375. The Morgan fingerprint density at radius 3 is 2.33 bits per heavy atom. The van der Waals surface area contributed by atoms with Crippen LogP contribution < -0.4 is 16.8 Å². The van der Waals surface area contributed by atoms with E-state index in [2.05, 4.69) is 35.2 Å². The molecule has 14 nitrogen and oxygen atoms in total. The molecular formula is C16H19N11O3. The average Bonchev–Trinajstić information content (AvgIpc) is 3.42. The van der Waals surface area contributed by atoms with E-state index in [0.717, 1.165) is 0 Å². The third-order valence-electron chi connectivity index (χ3n) is 5.06. The van der Waals surface area contributed by atoms with Gasteiger partial charge in [-0.1, -0.05) is 0 Å². The molecule has 1 fully saturated rings. The second-order valence-electron chi connectivity index (χ2n) is 6.89. The van der Waals surface area contributed by atoms with Crippen LogP contribution >= 0.6 is 0 Å². The van der Waals surface area contributed by atoms with Gasteiger partial charge in [0.05, 0.1) is 19.3 Å². The highest BCUT2D eigenvalue weighted by Gasteiger charge is 2.44. The van der Waals surface area contributed by atoms with Gasteiger partial charge in [0.15, 0.2) is 29.2 Å². The van der Waals surface area contributed by atoms with Crippen LogP contribution in [-0.4, -0.2) is 74.1 Å². The molecule has 156 valence electrons. The zero-order valence-corrected chi connectivity index (χ0v) is 15.6. The minimum atomic E-state index is -1.17. The average molecular weight is 413 g/mol. The normalized spacial score (nSPS) is 24.2. The van der Waals surface area contributed by atoms with Crippen LogP contribution in [0.2, 0.25) is 0 Å². The molecule has 4 atom stereocenters. The summed E-state index contributed by atoms with van der Waals surface area (Å²) in [5.74, 6) is 0.526. The molecule has 0 aromatic carbocycles. The molecule has 5 heterocycles. The van der Waals surface area contributed by atoms with Crippen molar-refractivity contribution in [2.45, 2.75) is 31.2 Å². The van der Waals surface area contributed by atoms with Crippen molar-refractivity contribution < 1.29 is 14.9 Å². The SMILES string of the molecule is Nc1ncnc2c1ncn2CNCC1OC(n2cnc3c(N)ncnc32)C(O)C1O. The number of hydrogen-bond donors (Lipinski definition) is 5. The van der Waals surface area contributed by atoms with Crippen LogP contribution in [0.3, 0.4) is 0 Å². The Hall–Kier alpha value is -3.46. The van der Waals surface area contributed by atoms with Gasteiger partial charge in [-0.15, -0.1) is 0 Å². The first kappa shape index (κ1) is 18.6. The maximum Gasteiger partial charge on any atom is 0.167 e. The fourth-order valence-electron chi connectivity index (χ4n) is 3.53. The molecule has 1 saturated heterocycles. The van der Waals surface area contributed by atoms with Gasteiger partial charge in [-0.3, -0.25) is 9.88 Å². The lowest BCUT2D eigenvalue weighted by Crippen LogP contribution is -2.38. The summed E-state index contributed by atoms with van der Waals surface area (Å²) in [6, 6.07) is 0. The number of rotatable bonds is 5. The number of fused-ring (bicyclic) bond motifs is 2. The van der Waals surface area contributed by atoms with Crippen LogP contribution in [0, 0.1) is 0 Å². The van der Waals surface area contributed by atoms with E-state index in [4.69, 9.17) is 16.2 Å². The van der Waals surface area contributed by atoms with Gasteiger partial charge in [-0.05, 0) is 0 Å². The molecule has 4 aromatic heterocycles. The molecule has 0 spiro atoms. The molecule has 4 aromatic rings. The maximum absolute atomic E-state index is 10.5. The fourth-order valence-corrected chi connectivity index (χ4v) is 3.53. The number of aliphatic hydroxyl groups is 2. The van der Waals surface area contributed by atoms with Crippen LogP contribution in [0.25, 0.3) is 22.3 Å². The highest BCUT2D eigenvalue weighted by molar-refractivity contribution is 5.81. The quantitative estimate of drug-likeness (QED) is 0.241. The predicted molar refractivity (Wildman–Crippen MR) is 103 cm³/mol. The van der Waals surface area contributed by atoms with Gasteiger partial charge in [0.25, 0.3) is 0 Å². The van der Waals surface area contributed by atoms with Gasteiger partial charge >= 0.3 is 0 Å². The van der Waals surface area contributed by atoms with E-state index >= 15 is 0 Å². The van der Waals surface area contributed by atoms with Crippen molar-refractivity contribution in [1.82, 2.24) is 44.4 Å². The Bertz CT molecular complexity index is 1210. The van der Waals surface area contributed by atoms with Crippen molar-refractivity contribution in [3.8, 4) is 0 Å². The van der Waals surface area contributed by atoms with Crippen molar-refractivity contribution in [2.24, 2.45) is 0 Å². The summed E-state index contributed by atoms with van der Waals surface area (Å²) in [6.45, 7) is 0.608. The highest BCUT2D eigenvalue weighted by Crippen LogP contribution is 2.31. The van der Waals surface area contributed by atoms with Gasteiger partial charge in [0.1, 0.15) is 42.0 Å². The molecule has 0 bridgehead atoms. The lowest BCUT2D eigenvalue weighted by atomic mass is 10.1. The van der Waals surface area contributed by atoms with E-state index in [1.54, 1.807) is 10.9 Å². The molecule has 1 aliphatic rings. The van der Waals surface area contributed by atoms with Crippen LogP contribution in [0.4, 0.5) is 11.6 Å². The summed E-state index contributed by atoms with van der Waals surface area (Å²) in [5, 5.41) is 24.1.